The molecule has 0 aromatic heterocycles. The smallest absolute Gasteiger partial charge is 0.261 e. The zero-order valence-corrected chi connectivity index (χ0v) is 13.8. The van der Waals surface area contributed by atoms with E-state index < -0.39 is 11.9 Å². The molecule has 3 rings (SSSR count). The summed E-state index contributed by atoms with van der Waals surface area (Å²) in [4.78, 5) is 12.6. The minimum Gasteiger partial charge on any atom is -0.478 e. The van der Waals surface area contributed by atoms with Gasteiger partial charge in [0, 0.05) is 0 Å². The number of para-hydroxylation sites is 1. The highest BCUT2D eigenvalue weighted by atomic mass is 19.1. The maximum absolute atomic E-state index is 13.7. The molecule has 2 aromatic carbocycles. The van der Waals surface area contributed by atoms with Crippen LogP contribution in [0.5, 0.6) is 5.75 Å². The lowest BCUT2D eigenvalue weighted by Crippen LogP contribution is -2.41. The van der Waals surface area contributed by atoms with E-state index in [1.165, 1.54) is 17.2 Å². The summed E-state index contributed by atoms with van der Waals surface area (Å²) in [6, 6.07) is 14.4. The van der Waals surface area contributed by atoms with Crippen molar-refractivity contribution in [3.8, 4) is 5.75 Å². The maximum atomic E-state index is 13.7. The zero-order valence-electron chi connectivity index (χ0n) is 13.8. The average molecular weight is 327 g/mol. The Morgan fingerprint density at radius 2 is 2.00 bits per heavy atom. The van der Waals surface area contributed by atoms with Crippen molar-refractivity contribution >= 4 is 5.91 Å². The van der Waals surface area contributed by atoms with E-state index in [2.05, 4.69) is 17.4 Å². The molecule has 4 heteroatoms. The third kappa shape index (κ3) is 3.58. The van der Waals surface area contributed by atoms with Gasteiger partial charge in [0.25, 0.3) is 5.91 Å². The van der Waals surface area contributed by atoms with Gasteiger partial charge >= 0.3 is 0 Å². The maximum Gasteiger partial charge on any atom is 0.261 e. The van der Waals surface area contributed by atoms with Crippen LogP contribution in [-0.4, -0.2) is 12.0 Å². The molecule has 0 bridgehead atoms. The molecule has 126 valence electrons. The Hall–Kier alpha value is -2.36. The molecule has 2 aromatic rings. The van der Waals surface area contributed by atoms with E-state index in [1.54, 1.807) is 18.2 Å². The first kappa shape index (κ1) is 16.5. The number of carbonyl (C=O) groups excluding carboxylic acids is 1. The van der Waals surface area contributed by atoms with Crippen LogP contribution in [0, 0.1) is 5.82 Å². The number of carbonyl (C=O) groups is 1. The summed E-state index contributed by atoms with van der Waals surface area (Å²) < 4.78 is 19.3. The Labute approximate surface area is 141 Å². The van der Waals surface area contributed by atoms with Gasteiger partial charge in [0.15, 0.2) is 17.7 Å². The largest absolute Gasteiger partial charge is 0.478 e. The molecule has 1 aliphatic carbocycles. The lowest BCUT2D eigenvalue weighted by Gasteiger charge is -2.28. The Morgan fingerprint density at radius 1 is 1.25 bits per heavy atom. The van der Waals surface area contributed by atoms with Crippen LogP contribution >= 0.6 is 0 Å². The molecule has 0 radical (unpaired) electrons. The number of amides is 1. The highest BCUT2D eigenvalue weighted by Gasteiger charge is 2.26. The summed E-state index contributed by atoms with van der Waals surface area (Å²) in [6.07, 6.45) is 2.79. The van der Waals surface area contributed by atoms with Crippen molar-refractivity contribution in [2.24, 2.45) is 0 Å². The van der Waals surface area contributed by atoms with Crippen LogP contribution in [0.15, 0.2) is 48.5 Å². The SMILES string of the molecule is CC[C@@H](Oc1ccccc1F)C(=O)N[C@H]1CCCc2ccccc21. The second-order valence-corrected chi connectivity index (χ2v) is 6.10. The number of benzene rings is 2. The van der Waals surface area contributed by atoms with Crippen LogP contribution in [0.1, 0.15) is 43.4 Å². The van der Waals surface area contributed by atoms with Crippen molar-refractivity contribution in [2.75, 3.05) is 0 Å². The normalized spacial score (nSPS) is 17.7. The van der Waals surface area contributed by atoms with E-state index in [4.69, 9.17) is 4.74 Å². The van der Waals surface area contributed by atoms with Crippen LogP contribution in [-0.2, 0) is 11.2 Å². The van der Waals surface area contributed by atoms with Gasteiger partial charge in [-0.2, -0.15) is 0 Å². The van der Waals surface area contributed by atoms with E-state index in [0.29, 0.717) is 6.42 Å². The minimum absolute atomic E-state index is 0.000667. The van der Waals surface area contributed by atoms with Crippen molar-refractivity contribution in [1.82, 2.24) is 5.32 Å². The van der Waals surface area contributed by atoms with Gasteiger partial charge in [-0.1, -0.05) is 43.3 Å². The topological polar surface area (TPSA) is 38.3 Å². The third-order valence-corrected chi connectivity index (χ3v) is 4.46. The molecule has 3 nitrogen and oxygen atoms in total. The monoisotopic (exact) mass is 327 g/mol. The molecule has 2 atom stereocenters. The number of halogens is 1. The Morgan fingerprint density at radius 3 is 2.79 bits per heavy atom. The molecule has 0 fully saturated rings. The number of nitrogens with one attached hydrogen (secondary N) is 1. The molecule has 0 aliphatic heterocycles. The second-order valence-electron chi connectivity index (χ2n) is 6.10. The number of fused-ring (bicyclic) bond motifs is 1. The predicted octanol–water partition coefficient (Wildman–Crippen LogP) is 4.18. The number of ether oxygens (including phenoxy) is 1. The van der Waals surface area contributed by atoms with Gasteiger partial charge < -0.3 is 10.1 Å². The highest BCUT2D eigenvalue weighted by Crippen LogP contribution is 2.29. The molecule has 0 saturated carbocycles. The number of hydrogen-bond acceptors (Lipinski definition) is 2. The molecule has 1 aliphatic rings. The first-order valence-electron chi connectivity index (χ1n) is 8.48. The molecule has 24 heavy (non-hydrogen) atoms. The summed E-state index contributed by atoms with van der Waals surface area (Å²) in [5.74, 6) is -0.530. The lowest BCUT2D eigenvalue weighted by atomic mass is 9.87. The van der Waals surface area contributed by atoms with Crippen molar-refractivity contribution in [3.63, 3.8) is 0 Å². The fourth-order valence-corrected chi connectivity index (χ4v) is 3.18. The second kappa shape index (κ2) is 7.47. The first-order valence-corrected chi connectivity index (χ1v) is 8.48. The van der Waals surface area contributed by atoms with Gasteiger partial charge in [0.2, 0.25) is 0 Å². The van der Waals surface area contributed by atoms with Gasteiger partial charge in [0.05, 0.1) is 6.04 Å². The highest BCUT2D eigenvalue weighted by molar-refractivity contribution is 5.81. The van der Waals surface area contributed by atoms with E-state index in [1.807, 2.05) is 19.1 Å². The van der Waals surface area contributed by atoms with Crippen LogP contribution < -0.4 is 10.1 Å². The third-order valence-electron chi connectivity index (χ3n) is 4.46. The standard InChI is InChI=1S/C20H22FNO2/c1-2-18(24-19-13-6-5-11-16(19)21)20(23)22-17-12-7-9-14-8-3-4-10-15(14)17/h3-6,8,10-11,13,17-18H,2,7,9,12H2,1H3,(H,22,23)/t17-,18+/m0/s1. The van der Waals surface area contributed by atoms with Crippen LogP contribution in [0.2, 0.25) is 0 Å². The van der Waals surface area contributed by atoms with E-state index in [-0.39, 0.29) is 17.7 Å². The van der Waals surface area contributed by atoms with Gasteiger partial charge in [0.1, 0.15) is 0 Å². The van der Waals surface area contributed by atoms with Gasteiger partial charge in [-0.15, -0.1) is 0 Å². The number of aryl methyl sites for hydroxylation is 1. The van der Waals surface area contributed by atoms with Crippen molar-refractivity contribution < 1.29 is 13.9 Å². The summed E-state index contributed by atoms with van der Waals surface area (Å²) >= 11 is 0. The molecule has 1 amide bonds. The first-order chi connectivity index (χ1) is 11.7. The summed E-state index contributed by atoms with van der Waals surface area (Å²) in [5.41, 5.74) is 2.47. The lowest BCUT2D eigenvalue weighted by molar-refractivity contribution is -0.129. The van der Waals surface area contributed by atoms with Gasteiger partial charge in [-0.25, -0.2) is 4.39 Å². The van der Waals surface area contributed by atoms with Crippen LogP contribution in [0.25, 0.3) is 0 Å². The van der Waals surface area contributed by atoms with E-state index >= 15 is 0 Å². The van der Waals surface area contributed by atoms with E-state index in [0.717, 1.165) is 19.3 Å². The van der Waals surface area contributed by atoms with Crippen molar-refractivity contribution in [3.05, 3.63) is 65.5 Å². The minimum atomic E-state index is -0.698. The van der Waals surface area contributed by atoms with E-state index in [9.17, 15) is 9.18 Å². The number of hydrogen-bond donors (Lipinski definition) is 1. The van der Waals surface area contributed by atoms with Crippen molar-refractivity contribution in [2.45, 2.75) is 44.8 Å². The average Bonchev–Trinajstić information content (AvgIpc) is 2.61. The Balaban J connectivity index is 1.71. The molecular formula is C20H22FNO2. The molecule has 0 saturated heterocycles. The molecule has 0 heterocycles. The van der Waals surface area contributed by atoms with Crippen LogP contribution in [0.4, 0.5) is 4.39 Å². The molecule has 0 spiro atoms. The van der Waals surface area contributed by atoms with Gasteiger partial charge in [-0.3, -0.25) is 4.79 Å². The quantitative estimate of drug-likeness (QED) is 0.895. The summed E-state index contributed by atoms with van der Waals surface area (Å²) in [6.45, 7) is 1.86. The number of rotatable bonds is 5. The Bertz CT molecular complexity index is 716. The Kier molecular flexibility index (Phi) is 5.14. The molecule has 0 unspecified atom stereocenters. The van der Waals surface area contributed by atoms with Gasteiger partial charge in [-0.05, 0) is 48.9 Å². The van der Waals surface area contributed by atoms with Crippen LogP contribution in [0.3, 0.4) is 0 Å². The zero-order chi connectivity index (χ0) is 16.9. The molecular weight excluding hydrogens is 305 g/mol. The van der Waals surface area contributed by atoms with Crippen molar-refractivity contribution in [1.29, 1.82) is 0 Å². The fraction of sp³-hybridized carbons (Fsp3) is 0.350. The fourth-order valence-electron chi connectivity index (χ4n) is 3.18. The summed E-state index contributed by atoms with van der Waals surface area (Å²) in [5, 5.41) is 3.08. The summed E-state index contributed by atoms with van der Waals surface area (Å²) in [7, 11) is 0. The molecule has 1 N–H and O–H groups in total. The predicted molar refractivity (Wildman–Crippen MR) is 91.4 cm³/mol.